The predicted molar refractivity (Wildman–Crippen MR) is 77.7 cm³/mol. The molecule has 0 spiro atoms. The summed E-state index contributed by atoms with van der Waals surface area (Å²) < 4.78 is 19.8. The van der Waals surface area contributed by atoms with Crippen LogP contribution in [0.15, 0.2) is 36.5 Å². The van der Waals surface area contributed by atoms with Gasteiger partial charge in [0.25, 0.3) is 5.91 Å². The quantitative estimate of drug-likeness (QED) is 0.853. The van der Waals surface area contributed by atoms with Gasteiger partial charge in [-0.3, -0.25) is 4.79 Å². The minimum Gasteiger partial charge on any atom is -0.484 e. The van der Waals surface area contributed by atoms with Gasteiger partial charge in [-0.05, 0) is 30.7 Å². The van der Waals surface area contributed by atoms with Crippen molar-refractivity contribution in [2.75, 3.05) is 11.9 Å². The maximum atomic E-state index is 12.7. The molecule has 1 aromatic heterocycles. The molecule has 1 aromatic carbocycles. The van der Waals surface area contributed by atoms with Gasteiger partial charge in [-0.1, -0.05) is 13.3 Å². The fourth-order valence-electron chi connectivity index (χ4n) is 1.78. The number of rotatable bonds is 7. The Morgan fingerprint density at radius 2 is 2.10 bits per heavy atom. The molecule has 1 heterocycles. The number of carbonyl (C=O) groups excluding carboxylic acids is 1. The Balaban J connectivity index is 1.84. The number of hydrogen-bond acceptors (Lipinski definition) is 3. The SMILES string of the molecule is CCCCn1nccc1NC(=O)COc1ccc(F)cc1. The van der Waals surface area contributed by atoms with E-state index >= 15 is 0 Å². The van der Waals surface area contributed by atoms with Gasteiger partial charge in [-0.15, -0.1) is 0 Å². The van der Waals surface area contributed by atoms with Gasteiger partial charge in [0.05, 0.1) is 6.20 Å². The van der Waals surface area contributed by atoms with Gasteiger partial charge in [0.2, 0.25) is 0 Å². The van der Waals surface area contributed by atoms with Crippen LogP contribution in [0.2, 0.25) is 0 Å². The number of benzene rings is 1. The lowest BCUT2D eigenvalue weighted by Crippen LogP contribution is -2.22. The average molecular weight is 291 g/mol. The summed E-state index contributed by atoms with van der Waals surface area (Å²) in [5.74, 6) is 0.478. The monoisotopic (exact) mass is 291 g/mol. The summed E-state index contributed by atoms with van der Waals surface area (Å²) in [6.45, 7) is 2.72. The molecule has 2 aromatic rings. The maximum Gasteiger partial charge on any atom is 0.263 e. The van der Waals surface area contributed by atoms with Crippen molar-refractivity contribution in [3.63, 3.8) is 0 Å². The number of ether oxygens (including phenoxy) is 1. The Bertz CT molecular complexity index is 581. The molecule has 1 amide bonds. The standard InChI is InChI=1S/C15H18FN3O2/c1-2-3-10-19-14(8-9-17-19)18-15(20)11-21-13-6-4-12(16)5-7-13/h4-9H,2-3,10-11H2,1H3,(H,18,20). The fourth-order valence-corrected chi connectivity index (χ4v) is 1.78. The third-order valence-corrected chi connectivity index (χ3v) is 2.89. The van der Waals surface area contributed by atoms with Gasteiger partial charge < -0.3 is 10.1 Å². The molecule has 112 valence electrons. The van der Waals surface area contributed by atoms with Gasteiger partial charge in [0.1, 0.15) is 17.4 Å². The number of aryl methyl sites for hydroxylation is 1. The van der Waals surface area contributed by atoms with Crippen LogP contribution in [0.1, 0.15) is 19.8 Å². The molecule has 0 atom stereocenters. The highest BCUT2D eigenvalue weighted by Gasteiger charge is 2.08. The molecule has 0 unspecified atom stereocenters. The van der Waals surface area contributed by atoms with E-state index in [2.05, 4.69) is 17.3 Å². The van der Waals surface area contributed by atoms with Gasteiger partial charge in [0, 0.05) is 12.6 Å². The Labute approximate surface area is 122 Å². The molecule has 0 radical (unpaired) electrons. The first-order valence-corrected chi connectivity index (χ1v) is 6.89. The highest BCUT2D eigenvalue weighted by Crippen LogP contribution is 2.11. The number of amides is 1. The number of hydrogen-bond donors (Lipinski definition) is 1. The van der Waals surface area contributed by atoms with E-state index in [1.807, 2.05) is 0 Å². The van der Waals surface area contributed by atoms with E-state index in [1.165, 1.54) is 24.3 Å². The molecular weight excluding hydrogens is 273 g/mol. The normalized spacial score (nSPS) is 10.4. The van der Waals surface area contributed by atoms with Gasteiger partial charge >= 0.3 is 0 Å². The molecule has 0 bridgehead atoms. The van der Waals surface area contributed by atoms with Crippen LogP contribution in [-0.2, 0) is 11.3 Å². The summed E-state index contributed by atoms with van der Waals surface area (Å²) in [5, 5.41) is 6.90. The number of carbonyl (C=O) groups is 1. The first-order chi connectivity index (χ1) is 10.2. The molecule has 2 rings (SSSR count). The van der Waals surface area contributed by atoms with Gasteiger partial charge in [-0.2, -0.15) is 5.10 Å². The zero-order valence-electron chi connectivity index (χ0n) is 11.9. The second-order valence-corrected chi connectivity index (χ2v) is 4.58. The third-order valence-electron chi connectivity index (χ3n) is 2.89. The minimum absolute atomic E-state index is 0.134. The molecule has 0 aliphatic carbocycles. The van der Waals surface area contributed by atoms with Crippen LogP contribution in [0.5, 0.6) is 5.75 Å². The topological polar surface area (TPSA) is 56.2 Å². The number of unbranched alkanes of at least 4 members (excludes halogenated alkanes) is 1. The van der Waals surface area contributed by atoms with E-state index in [4.69, 9.17) is 4.74 Å². The lowest BCUT2D eigenvalue weighted by molar-refractivity contribution is -0.118. The Morgan fingerprint density at radius 3 is 2.81 bits per heavy atom. The van der Waals surface area contributed by atoms with Crippen molar-refractivity contribution in [3.05, 3.63) is 42.3 Å². The van der Waals surface area contributed by atoms with Crippen LogP contribution in [0.3, 0.4) is 0 Å². The average Bonchev–Trinajstić information content (AvgIpc) is 2.91. The lowest BCUT2D eigenvalue weighted by atomic mass is 10.3. The molecule has 0 aliphatic rings. The molecular formula is C15H18FN3O2. The molecule has 0 saturated heterocycles. The van der Waals surface area contributed by atoms with E-state index in [1.54, 1.807) is 16.9 Å². The molecule has 0 fully saturated rings. The highest BCUT2D eigenvalue weighted by molar-refractivity contribution is 5.91. The van der Waals surface area contributed by atoms with E-state index < -0.39 is 0 Å². The zero-order valence-corrected chi connectivity index (χ0v) is 11.9. The van der Waals surface area contributed by atoms with Crippen molar-refractivity contribution in [1.29, 1.82) is 0 Å². The third kappa shape index (κ3) is 4.59. The second-order valence-electron chi connectivity index (χ2n) is 4.58. The largest absolute Gasteiger partial charge is 0.484 e. The van der Waals surface area contributed by atoms with Crippen LogP contribution in [0.25, 0.3) is 0 Å². The van der Waals surface area contributed by atoms with Crippen LogP contribution < -0.4 is 10.1 Å². The summed E-state index contributed by atoms with van der Waals surface area (Å²) >= 11 is 0. The van der Waals surface area contributed by atoms with Crippen molar-refractivity contribution in [2.45, 2.75) is 26.3 Å². The van der Waals surface area contributed by atoms with E-state index in [0.717, 1.165) is 19.4 Å². The molecule has 21 heavy (non-hydrogen) atoms. The summed E-state index contributed by atoms with van der Waals surface area (Å²) in [5.41, 5.74) is 0. The smallest absolute Gasteiger partial charge is 0.263 e. The summed E-state index contributed by atoms with van der Waals surface area (Å²) in [4.78, 5) is 11.8. The minimum atomic E-state index is -0.341. The lowest BCUT2D eigenvalue weighted by Gasteiger charge is -2.09. The first kappa shape index (κ1) is 15.0. The van der Waals surface area contributed by atoms with Crippen LogP contribution >= 0.6 is 0 Å². The molecule has 1 N–H and O–H groups in total. The zero-order chi connectivity index (χ0) is 15.1. The summed E-state index contributed by atoms with van der Waals surface area (Å²) in [7, 11) is 0. The molecule has 0 aliphatic heterocycles. The van der Waals surface area contributed by atoms with Crippen LogP contribution in [0.4, 0.5) is 10.2 Å². The predicted octanol–water partition coefficient (Wildman–Crippen LogP) is 2.84. The van der Waals surface area contributed by atoms with Crippen molar-refractivity contribution in [2.24, 2.45) is 0 Å². The second kappa shape index (κ2) is 7.42. The van der Waals surface area contributed by atoms with Crippen molar-refractivity contribution >= 4 is 11.7 Å². The first-order valence-electron chi connectivity index (χ1n) is 6.89. The number of nitrogens with zero attached hydrogens (tertiary/aromatic N) is 2. The molecule has 0 saturated carbocycles. The molecule has 5 nitrogen and oxygen atoms in total. The summed E-state index contributed by atoms with van der Waals surface area (Å²) in [6, 6.07) is 7.27. The Morgan fingerprint density at radius 1 is 1.33 bits per heavy atom. The highest BCUT2D eigenvalue weighted by atomic mass is 19.1. The van der Waals surface area contributed by atoms with E-state index in [9.17, 15) is 9.18 Å². The van der Waals surface area contributed by atoms with Gasteiger partial charge in [0.15, 0.2) is 6.61 Å². The van der Waals surface area contributed by atoms with Crippen molar-refractivity contribution in [3.8, 4) is 5.75 Å². The van der Waals surface area contributed by atoms with E-state index in [-0.39, 0.29) is 18.3 Å². The van der Waals surface area contributed by atoms with Crippen molar-refractivity contribution < 1.29 is 13.9 Å². The number of nitrogens with one attached hydrogen (secondary N) is 1. The van der Waals surface area contributed by atoms with Crippen LogP contribution in [0, 0.1) is 5.82 Å². The molecule has 6 heteroatoms. The number of halogens is 1. The number of aromatic nitrogens is 2. The van der Waals surface area contributed by atoms with Gasteiger partial charge in [-0.25, -0.2) is 9.07 Å². The Hall–Kier alpha value is -2.37. The number of anilines is 1. The summed E-state index contributed by atoms with van der Waals surface area (Å²) in [6.07, 6.45) is 3.70. The van der Waals surface area contributed by atoms with Crippen LogP contribution in [-0.4, -0.2) is 22.3 Å². The fraction of sp³-hybridized carbons (Fsp3) is 0.333. The maximum absolute atomic E-state index is 12.7. The van der Waals surface area contributed by atoms with E-state index in [0.29, 0.717) is 11.6 Å². The van der Waals surface area contributed by atoms with Crippen molar-refractivity contribution in [1.82, 2.24) is 9.78 Å². The Kier molecular flexibility index (Phi) is 5.31.